The van der Waals surface area contributed by atoms with Crippen LogP contribution in [-0.4, -0.2) is 9.13 Å². The van der Waals surface area contributed by atoms with Crippen molar-refractivity contribution >= 4 is 66.2 Å². The van der Waals surface area contributed by atoms with Crippen LogP contribution in [0.4, 0.5) is 17.1 Å². The lowest BCUT2D eigenvalue weighted by molar-refractivity contribution is 0.661. The molecule has 3 nitrogen and oxygen atoms in total. The molecule has 0 unspecified atom stereocenters. The Morgan fingerprint density at radius 2 is 1.10 bits per heavy atom. The molecule has 1 aliphatic rings. The Bertz CT molecular complexity index is 3390. The predicted molar refractivity (Wildman–Crippen MR) is 260 cm³/mol. The first-order chi connectivity index (χ1) is 29.9. The second-order valence-corrected chi connectivity index (χ2v) is 16.6. The average Bonchev–Trinajstić information content (AvgIpc) is 3.88. The maximum absolute atomic E-state index is 3.96. The largest absolute Gasteiger partial charge is 0.310 e. The van der Waals surface area contributed by atoms with Crippen LogP contribution in [0.2, 0.25) is 0 Å². The summed E-state index contributed by atoms with van der Waals surface area (Å²) in [5.41, 5.74) is 18.0. The third kappa shape index (κ3) is 5.73. The zero-order chi connectivity index (χ0) is 41.2. The summed E-state index contributed by atoms with van der Waals surface area (Å²) in [5, 5.41) is 4.96. The fourth-order valence-electron chi connectivity index (χ4n) is 9.95. The summed E-state index contributed by atoms with van der Waals surface area (Å²) in [6.45, 7) is 10.7. The maximum Gasteiger partial charge on any atom is 0.0561 e. The number of anilines is 3. The van der Waals surface area contributed by atoms with Crippen LogP contribution >= 0.6 is 0 Å². The van der Waals surface area contributed by atoms with Gasteiger partial charge in [-0.05, 0) is 131 Å². The number of hydrogen-bond donors (Lipinski definition) is 0. The van der Waals surface area contributed by atoms with Gasteiger partial charge in [0.2, 0.25) is 0 Å². The number of benzene rings is 8. The van der Waals surface area contributed by atoms with Crippen LogP contribution in [0.25, 0.3) is 71.7 Å². The Kier molecular flexibility index (Phi) is 8.54. The van der Waals surface area contributed by atoms with Gasteiger partial charge in [-0.2, -0.15) is 0 Å². The van der Waals surface area contributed by atoms with E-state index in [-0.39, 0.29) is 5.41 Å². The predicted octanol–water partition coefficient (Wildman–Crippen LogP) is 15.8. The average molecular weight is 784 g/mol. The third-order valence-corrected chi connectivity index (χ3v) is 12.8. The van der Waals surface area contributed by atoms with Crippen molar-refractivity contribution in [2.45, 2.75) is 26.2 Å². The minimum atomic E-state index is -0.0970. The van der Waals surface area contributed by atoms with E-state index in [0.717, 1.165) is 34.0 Å². The van der Waals surface area contributed by atoms with Gasteiger partial charge in [-0.1, -0.05) is 136 Å². The molecule has 3 heteroatoms. The summed E-state index contributed by atoms with van der Waals surface area (Å²) in [5.74, 6) is 0. The van der Waals surface area contributed by atoms with E-state index in [0.29, 0.717) is 0 Å². The molecule has 0 amide bonds. The SMILES string of the molecule is C=C/C=C(\C=C/C)c1ccc2c(c1)c1ccccc1n2-c1ccc(N(c2ccccc2)c2ccc3c4cc5c(cc4n(-c4ccccc4)c3c2)C(C)(C)c2ccccc2-5)cc1. The summed E-state index contributed by atoms with van der Waals surface area (Å²) in [7, 11) is 0. The second kappa shape index (κ2) is 14.3. The van der Waals surface area contributed by atoms with E-state index in [2.05, 4.69) is 242 Å². The highest BCUT2D eigenvalue weighted by molar-refractivity contribution is 6.13. The quantitative estimate of drug-likeness (QED) is 0.140. The molecule has 0 radical (unpaired) electrons. The van der Waals surface area contributed by atoms with Gasteiger partial charge in [0.25, 0.3) is 0 Å². The normalized spacial score (nSPS) is 13.4. The molecule has 292 valence electrons. The molecule has 10 aromatic rings. The minimum Gasteiger partial charge on any atom is -0.310 e. The lowest BCUT2D eigenvalue weighted by Crippen LogP contribution is -2.14. The molecular formula is C58H45N3. The number of para-hydroxylation sites is 3. The van der Waals surface area contributed by atoms with Crippen LogP contribution in [0, 0.1) is 0 Å². The van der Waals surface area contributed by atoms with E-state index < -0.39 is 0 Å². The minimum absolute atomic E-state index is 0.0970. The summed E-state index contributed by atoms with van der Waals surface area (Å²) in [4.78, 5) is 2.38. The van der Waals surface area contributed by atoms with Gasteiger partial charge in [0.05, 0.1) is 22.1 Å². The van der Waals surface area contributed by atoms with Crippen LogP contribution in [0.3, 0.4) is 0 Å². The zero-order valence-corrected chi connectivity index (χ0v) is 34.7. The van der Waals surface area contributed by atoms with E-state index in [1.165, 1.54) is 71.4 Å². The number of aromatic nitrogens is 2. The molecule has 0 spiro atoms. The molecule has 8 aromatic carbocycles. The lowest BCUT2D eigenvalue weighted by Gasteiger charge is -2.26. The van der Waals surface area contributed by atoms with Gasteiger partial charge >= 0.3 is 0 Å². The molecule has 11 rings (SSSR count). The van der Waals surface area contributed by atoms with Crippen LogP contribution in [-0.2, 0) is 5.41 Å². The Labute approximate surface area is 357 Å². The summed E-state index contributed by atoms with van der Waals surface area (Å²) >= 11 is 0. The first kappa shape index (κ1) is 36.5. The Hall–Kier alpha value is -7.62. The first-order valence-corrected chi connectivity index (χ1v) is 21.2. The van der Waals surface area contributed by atoms with E-state index in [4.69, 9.17) is 0 Å². The van der Waals surface area contributed by atoms with Crippen molar-refractivity contribution in [3.05, 3.63) is 230 Å². The third-order valence-electron chi connectivity index (χ3n) is 12.8. The molecule has 0 saturated carbocycles. The summed E-state index contributed by atoms with van der Waals surface area (Å²) < 4.78 is 4.85. The van der Waals surface area contributed by atoms with Crippen molar-refractivity contribution in [1.29, 1.82) is 0 Å². The molecule has 0 saturated heterocycles. The van der Waals surface area contributed by atoms with Gasteiger partial charge in [0.1, 0.15) is 0 Å². The number of allylic oxidation sites excluding steroid dienone is 5. The van der Waals surface area contributed by atoms with Gasteiger partial charge in [-0.3, -0.25) is 0 Å². The fraction of sp³-hybridized carbons (Fsp3) is 0.0690. The smallest absolute Gasteiger partial charge is 0.0561 e. The molecule has 0 fully saturated rings. The summed E-state index contributed by atoms with van der Waals surface area (Å²) in [6.07, 6.45) is 8.15. The second-order valence-electron chi connectivity index (χ2n) is 16.6. The van der Waals surface area contributed by atoms with Gasteiger partial charge in [-0.25, -0.2) is 0 Å². The number of hydrogen-bond acceptors (Lipinski definition) is 1. The highest BCUT2D eigenvalue weighted by Crippen LogP contribution is 2.51. The molecule has 0 aliphatic heterocycles. The van der Waals surface area contributed by atoms with Crippen LogP contribution < -0.4 is 4.90 Å². The monoisotopic (exact) mass is 783 g/mol. The molecule has 0 N–H and O–H groups in total. The van der Waals surface area contributed by atoms with Gasteiger partial charge in [0.15, 0.2) is 0 Å². The molecule has 2 heterocycles. The lowest BCUT2D eigenvalue weighted by atomic mass is 9.82. The van der Waals surface area contributed by atoms with Crippen LogP contribution in [0.5, 0.6) is 0 Å². The maximum atomic E-state index is 3.96. The molecule has 2 aromatic heterocycles. The Morgan fingerprint density at radius 1 is 0.492 bits per heavy atom. The zero-order valence-electron chi connectivity index (χ0n) is 34.7. The van der Waals surface area contributed by atoms with Crippen molar-refractivity contribution in [3.63, 3.8) is 0 Å². The van der Waals surface area contributed by atoms with Crippen molar-refractivity contribution in [1.82, 2.24) is 9.13 Å². The number of rotatable bonds is 8. The van der Waals surface area contributed by atoms with E-state index in [1.807, 2.05) is 6.08 Å². The molecule has 61 heavy (non-hydrogen) atoms. The number of nitrogens with zero attached hydrogens (tertiary/aromatic N) is 3. The summed E-state index contributed by atoms with van der Waals surface area (Å²) in [6, 6.07) is 66.9. The van der Waals surface area contributed by atoms with Crippen LogP contribution in [0.1, 0.15) is 37.5 Å². The highest BCUT2D eigenvalue weighted by Gasteiger charge is 2.36. The Balaban J connectivity index is 1.07. The first-order valence-electron chi connectivity index (χ1n) is 21.2. The molecule has 1 aliphatic carbocycles. The van der Waals surface area contributed by atoms with Gasteiger partial charge in [-0.15, -0.1) is 0 Å². The molecule has 0 atom stereocenters. The van der Waals surface area contributed by atoms with Crippen molar-refractivity contribution in [2.75, 3.05) is 4.90 Å². The van der Waals surface area contributed by atoms with Crippen LogP contribution in [0.15, 0.2) is 213 Å². The van der Waals surface area contributed by atoms with E-state index >= 15 is 0 Å². The van der Waals surface area contributed by atoms with Gasteiger partial charge in [0, 0.05) is 55.4 Å². The fourth-order valence-corrected chi connectivity index (χ4v) is 9.95. The van der Waals surface area contributed by atoms with Crippen molar-refractivity contribution in [2.24, 2.45) is 0 Å². The highest BCUT2D eigenvalue weighted by atomic mass is 15.1. The van der Waals surface area contributed by atoms with E-state index in [1.54, 1.807) is 0 Å². The van der Waals surface area contributed by atoms with Crippen molar-refractivity contribution < 1.29 is 0 Å². The van der Waals surface area contributed by atoms with Gasteiger partial charge < -0.3 is 14.0 Å². The molecular weight excluding hydrogens is 739 g/mol. The number of fused-ring (bicyclic) bond motifs is 9. The van der Waals surface area contributed by atoms with Crippen molar-refractivity contribution in [3.8, 4) is 22.5 Å². The standard InChI is InChI=1S/C58H45N3/c1-5-17-39(18-6-2)40-27-34-55-50(35-40)47-24-14-16-26-54(47)60(55)44-30-28-43(29-31-44)59(41-19-9-7-10-20-41)45-32-33-48-51-37-49-46-23-13-15-25-52(46)58(3,4)53(49)38-57(51)61(56(48)36-45)42-21-11-8-12-22-42/h5-38H,1H2,2-4H3/b18-6-,39-17+. The molecule has 0 bridgehead atoms. The van der Waals surface area contributed by atoms with E-state index in [9.17, 15) is 0 Å². The Morgan fingerprint density at radius 3 is 1.89 bits per heavy atom. The topological polar surface area (TPSA) is 13.1 Å².